The maximum atomic E-state index is 11.9. The second kappa shape index (κ2) is 12.9. The molecule has 1 saturated heterocycles. The van der Waals surface area contributed by atoms with E-state index in [1.807, 2.05) is 11.8 Å². The molecule has 1 unspecified atom stereocenters. The molecular formula is C21H35IN4O2. The lowest BCUT2D eigenvalue weighted by Crippen LogP contribution is -2.42. The maximum absolute atomic E-state index is 11.9. The van der Waals surface area contributed by atoms with Crippen LogP contribution in [0.5, 0.6) is 5.75 Å². The van der Waals surface area contributed by atoms with Gasteiger partial charge in [-0.25, -0.2) is 0 Å². The van der Waals surface area contributed by atoms with Crippen LogP contribution in [0, 0.1) is 6.92 Å². The molecule has 1 atom stereocenters. The second-order valence-electron chi connectivity index (χ2n) is 7.02. The number of likely N-dealkylation sites (tertiary alicyclic amines) is 1. The van der Waals surface area contributed by atoms with Gasteiger partial charge in [0.05, 0.1) is 7.11 Å². The molecule has 1 heterocycles. The molecule has 2 rings (SSSR count). The van der Waals surface area contributed by atoms with E-state index < -0.39 is 0 Å². The first-order valence-corrected chi connectivity index (χ1v) is 9.96. The topological polar surface area (TPSA) is 66.0 Å². The molecule has 158 valence electrons. The van der Waals surface area contributed by atoms with E-state index in [0.717, 1.165) is 62.6 Å². The van der Waals surface area contributed by atoms with Gasteiger partial charge < -0.3 is 20.3 Å². The van der Waals surface area contributed by atoms with E-state index >= 15 is 0 Å². The molecule has 0 bridgehead atoms. The van der Waals surface area contributed by atoms with Crippen LogP contribution < -0.4 is 15.4 Å². The molecule has 1 aliphatic heterocycles. The number of benzene rings is 1. The largest absolute Gasteiger partial charge is 0.496 e. The van der Waals surface area contributed by atoms with E-state index in [0.29, 0.717) is 18.4 Å². The Bertz CT molecular complexity index is 651. The van der Waals surface area contributed by atoms with Gasteiger partial charge in [-0.05, 0) is 49.8 Å². The summed E-state index contributed by atoms with van der Waals surface area (Å²) >= 11 is 0. The summed E-state index contributed by atoms with van der Waals surface area (Å²) in [6, 6.07) is 6.64. The zero-order valence-electron chi connectivity index (χ0n) is 17.6. The molecule has 1 fully saturated rings. The van der Waals surface area contributed by atoms with E-state index in [2.05, 4.69) is 40.7 Å². The first-order valence-electron chi connectivity index (χ1n) is 9.96. The molecular weight excluding hydrogens is 467 g/mol. The minimum Gasteiger partial charge on any atom is -0.496 e. The monoisotopic (exact) mass is 502 g/mol. The Hall–Kier alpha value is -1.51. The number of carbonyl (C=O) groups excluding carboxylic acids is 1. The Kier molecular flexibility index (Phi) is 11.3. The predicted molar refractivity (Wildman–Crippen MR) is 126 cm³/mol. The van der Waals surface area contributed by atoms with Crippen LogP contribution in [0.4, 0.5) is 0 Å². The summed E-state index contributed by atoms with van der Waals surface area (Å²) in [5.74, 6) is 2.03. The summed E-state index contributed by atoms with van der Waals surface area (Å²) in [5.41, 5.74) is 2.38. The van der Waals surface area contributed by atoms with Crippen LogP contribution in [0.3, 0.4) is 0 Å². The fourth-order valence-electron chi connectivity index (χ4n) is 3.56. The number of nitrogens with zero attached hydrogens (tertiary/aromatic N) is 2. The zero-order chi connectivity index (χ0) is 19.6. The van der Waals surface area contributed by atoms with Crippen molar-refractivity contribution >= 4 is 35.8 Å². The molecule has 0 radical (unpaired) electrons. The van der Waals surface area contributed by atoms with Crippen LogP contribution in [-0.2, 0) is 11.2 Å². The quantitative estimate of drug-likeness (QED) is 0.310. The molecule has 6 nitrogen and oxygen atoms in total. The van der Waals surface area contributed by atoms with E-state index in [1.165, 1.54) is 5.56 Å². The molecule has 1 amide bonds. The Morgan fingerprint density at radius 1 is 1.32 bits per heavy atom. The first kappa shape index (κ1) is 24.5. The van der Waals surface area contributed by atoms with Gasteiger partial charge in [0.2, 0.25) is 5.91 Å². The normalized spacial score (nSPS) is 15.2. The molecule has 7 heteroatoms. The van der Waals surface area contributed by atoms with Crippen molar-refractivity contribution in [3.63, 3.8) is 0 Å². The number of amides is 1. The van der Waals surface area contributed by atoms with E-state index in [9.17, 15) is 4.79 Å². The van der Waals surface area contributed by atoms with E-state index in [-0.39, 0.29) is 24.0 Å². The third-order valence-corrected chi connectivity index (χ3v) is 5.19. The van der Waals surface area contributed by atoms with E-state index in [1.54, 1.807) is 14.2 Å². The van der Waals surface area contributed by atoms with Gasteiger partial charge in [-0.3, -0.25) is 9.79 Å². The number of hydrogen-bond acceptors (Lipinski definition) is 3. The number of ether oxygens (including phenoxy) is 1. The zero-order valence-corrected chi connectivity index (χ0v) is 19.9. The third kappa shape index (κ3) is 7.14. The van der Waals surface area contributed by atoms with Crippen LogP contribution in [0.1, 0.15) is 43.7 Å². The number of guanidine groups is 1. The van der Waals surface area contributed by atoms with Crippen molar-refractivity contribution in [2.45, 2.75) is 52.0 Å². The fraction of sp³-hybridized carbons (Fsp3) is 0.619. The minimum absolute atomic E-state index is 0. The highest BCUT2D eigenvalue weighted by atomic mass is 127. The molecule has 0 aromatic heterocycles. The van der Waals surface area contributed by atoms with Gasteiger partial charge in [-0.1, -0.05) is 19.1 Å². The highest BCUT2D eigenvalue weighted by Gasteiger charge is 2.26. The lowest BCUT2D eigenvalue weighted by molar-refractivity contribution is -0.129. The van der Waals surface area contributed by atoms with Crippen molar-refractivity contribution in [3.8, 4) is 5.75 Å². The number of nitrogens with one attached hydrogen (secondary N) is 2. The number of aryl methyl sites for hydroxylation is 1. The number of carbonyl (C=O) groups is 1. The molecule has 0 spiro atoms. The van der Waals surface area contributed by atoms with Crippen LogP contribution in [0.2, 0.25) is 0 Å². The van der Waals surface area contributed by atoms with Gasteiger partial charge in [-0.15, -0.1) is 24.0 Å². The van der Waals surface area contributed by atoms with Crippen molar-refractivity contribution in [3.05, 3.63) is 29.3 Å². The standard InChI is InChI=1S/C21H34N4O2.HI/c1-5-18(25-14-6-7-20(25)26)11-13-24-21(22-3)23-12-10-17-9-8-16(2)19(15-17)27-4;/h8-9,15,18H,5-7,10-14H2,1-4H3,(H2,22,23,24);1H. The summed E-state index contributed by atoms with van der Waals surface area (Å²) < 4.78 is 5.39. The van der Waals surface area contributed by atoms with Crippen LogP contribution >= 0.6 is 24.0 Å². The summed E-state index contributed by atoms with van der Waals surface area (Å²) in [7, 11) is 3.49. The summed E-state index contributed by atoms with van der Waals surface area (Å²) in [6.45, 7) is 6.71. The number of halogens is 1. The van der Waals surface area contributed by atoms with Crippen molar-refractivity contribution in [1.82, 2.24) is 15.5 Å². The maximum Gasteiger partial charge on any atom is 0.222 e. The minimum atomic E-state index is 0. The van der Waals surface area contributed by atoms with Gasteiger partial charge >= 0.3 is 0 Å². The lowest BCUT2D eigenvalue weighted by atomic mass is 10.1. The van der Waals surface area contributed by atoms with Gasteiger partial charge in [0, 0.05) is 39.1 Å². The number of aliphatic imine (C=N–C) groups is 1. The Balaban J connectivity index is 0.00000392. The van der Waals surface area contributed by atoms with Gasteiger partial charge in [0.25, 0.3) is 0 Å². The van der Waals surface area contributed by atoms with Crippen molar-refractivity contribution in [1.29, 1.82) is 0 Å². The Labute approximate surface area is 186 Å². The molecule has 1 aromatic rings. The second-order valence-corrected chi connectivity index (χ2v) is 7.02. The first-order chi connectivity index (χ1) is 13.1. The van der Waals surface area contributed by atoms with Crippen molar-refractivity contribution in [2.75, 3.05) is 33.8 Å². The average molecular weight is 502 g/mol. The van der Waals surface area contributed by atoms with Crippen LogP contribution in [0.15, 0.2) is 23.2 Å². The molecule has 1 aliphatic rings. The van der Waals surface area contributed by atoms with Crippen molar-refractivity contribution < 1.29 is 9.53 Å². The molecule has 2 N–H and O–H groups in total. The number of methoxy groups -OCH3 is 1. The molecule has 0 aliphatic carbocycles. The van der Waals surface area contributed by atoms with Gasteiger partial charge in [-0.2, -0.15) is 0 Å². The van der Waals surface area contributed by atoms with Crippen LogP contribution in [-0.4, -0.2) is 56.6 Å². The molecule has 1 aromatic carbocycles. The molecule has 28 heavy (non-hydrogen) atoms. The smallest absolute Gasteiger partial charge is 0.222 e. The third-order valence-electron chi connectivity index (χ3n) is 5.19. The predicted octanol–water partition coefficient (Wildman–Crippen LogP) is 3.12. The van der Waals surface area contributed by atoms with E-state index in [4.69, 9.17) is 4.74 Å². The van der Waals surface area contributed by atoms with Crippen LogP contribution in [0.25, 0.3) is 0 Å². The summed E-state index contributed by atoms with van der Waals surface area (Å²) in [5, 5.41) is 6.72. The SMILES string of the molecule is CCC(CCNC(=NC)NCCc1ccc(C)c(OC)c1)N1CCCC1=O.I. The fourth-order valence-corrected chi connectivity index (χ4v) is 3.56. The number of rotatable bonds is 9. The lowest BCUT2D eigenvalue weighted by Gasteiger charge is -2.27. The Morgan fingerprint density at radius 3 is 2.68 bits per heavy atom. The van der Waals surface area contributed by atoms with Crippen molar-refractivity contribution in [2.24, 2.45) is 4.99 Å². The molecule has 0 saturated carbocycles. The van der Waals surface area contributed by atoms with Gasteiger partial charge in [0.15, 0.2) is 5.96 Å². The Morgan fingerprint density at radius 2 is 2.07 bits per heavy atom. The van der Waals surface area contributed by atoms with Gasteiger partial charge in [0.1, 0.15) is 5.75 Å². The highest BCUT2D eigenvalue weighted by molar-refractivity contribution is 14.0. The highest BCUT2D eigenvalue weighted by Crippen LogP contribution is 2.19. The summed E-state index contributed by atoms with van der Waals surface area (Å²) in [4.78, 5) is 18.3. The number of hydrogen-bond donors (Lipinski definition) is 2. The summed E-state index contributed by atoms with van der Waals surface area (Å²) in [6.07, 6.45) is 4.54. The average Bonchev–Trinajstić information content (AvgIpc) is 3.10.